The van der Waals surface area contributed by atoms with Crippen LogP contribution in [0.3, 0.4) is 0 Å². The Balaban J connectivity index is 2.08. The molecular weight excluding hydrogens is 258 g/mol. The second-order valence-electron chi connectivity index (χ2n) is 8.46. The molecule has 2 rings (SSSR count). The highest BCUT2D eigenvalue weighted by molar-refractivity contribution is 5.04. The quantitative estimate of drug-likeness (QED) is 0.784. The summed E-state index contributed by atoms with van der Waals surface area (Å²) < 4.78 is 0. The van der Waals surface area contributed by atoms with Gasteiger partial charge in [-0.3, -0.25) is 0 Å². The van der Waals surface area contributed by atoms with Gasteiger partial charge in [0.05, 0.1) is 5.60 Å². The van der Waals surface area contributed by atoms with Gasteiger partial charge in [-0.15, -0.1) is 0 Å². The van der Waals surface area contributed by atoms with Crippen LogP contribution < -0.4 is 5.73 Å². The van der Waals surface area contributed by atoms with Gasteiger partial charge in [0.15, 0.2) is 0 Å². The Kier molecular flexibility index (Phi) is 5.76. The standard InChI is InChI=1S/C19H37NO/c1-4-16-7-10-18(14-20,11-8-16)19(21)9-5-6-17(13-19)12-15(2)3/h15-17,21H,4-14,20H2,1-3H3. The Morgan fingerprint density at radius 2 is 1.76 bits per heavy atom. The largest absolute Gasteiger partial charge is 0.389 e. The molecule has 0 spiro atoms. The van der Waals surface area contributed by atoms with E-state index >= 15 is 0 Å². The maximum absolute atomic E-state index is 11.5. The van der Waals surface area contributed by atoms with Gasteiger partial charge in [-0.2, -0.15) is 0 Å². The van der Waals surface area contributed by atoms with Crippen LogP contribution >= 0.6 is 0 Å². The van der Waals surface area contributed by atoms with E-state index < -0.39 is 5.60 Å². The topological polar surface area (TPSA) is 46.2 Å². The van der Waals surface area contributed by atoms with Gasteiger partial charge in [-0.05, 0) is 62.7 Å². The summed E-state index contributed by atoms with van der Waals surface area (Å²) in [5.41, 5.74) is 5.75. The molecule has 124 valence electrons. The van der Waals surface area contributed by atoms with Crippen LogP contribution in [-0.2, 0) is 0 Å². The van der Waals surface area contributed by atoms with Crippen LogP contribution in [0.25, 0.3) is 0 Å². The number of rotatable bonds is 5. The Labute approximate surface area is 131 Å². The van der Waals surface area contributed by atoms with Gasteiger partial charge in [-0.25, -0.2) is 0 Å². The predicted octanol–water partition coefficient (Wildman–Crippen LogP) is 4.50. The Morgan fingerprint density at radius 1 is 1.10 bits per heavy atom. The fourth-order valence-corrected chi connectivity index (χ4v) is 5.21. The first-order valence-corrected chi connectivity index (χ1v) is 9.37. The van der Waals surface area contributed by atoms with Crippen molar-refractivity contribution in [3.05, 3.63) is 0 Å². The van der Waals surface area contributed by atoms with Gasteiger partial charge in [0, 0.05) is 12.0 Å². The van der Waals surface area contributed by atoms with E-state index in [4.69, 9.17) is 5.73 Å². The van der Waals surface area contributed by atoms with E-state index in [1.807, 2.05) is 0 Å². The highest BCUT2D eigenvalue weighted by Crippen LogP contribution is 2.53. The van der Waals surface area contributed by atoms with Crippen LogP contribution in [0.1, 0.15) is 85.0 Å². The molecule has 2 nitrogen and oxygen atoms in total. The minimum atomic E-state index is -0.488. The lowest BCUT2D eigenvalue weighted by Gasteiger charge is -2.54. The molecule has 0 aromatic rings. The van der Waals surface area contributed by atoms with Crippen LogP contribution in [-0.4, -0.2) is 17.3 Å². The fourth-order valence-electron chi connectivity index (χ4n) is 5.21. The Morgan fingerprint density at radius 3 is 2.29 bits per heavy atom. The van der Waals surface area contributed by atoms with E-state index in [0.717, 1.165) is 37.5 Å². The average molecular weight is 296 g/mol. The van der Waals surface area contributed by atoms with Crippen molar-refractivity contribution in [2.24, 2.45) is 28.9 Å². The van der Waals surface area contributed by atoms with E-state index in [1.165, 1.54) is 38.5 Å². The first-order valence-electron chi connectivity index (χ1n) is 9.37. The van der Waals surface area contributed by atoms with Crippen LogP contribution in [0.2, 0.25) is 0 Å². The third kappa shape index (κ3) is 3.64. The SMILES string of the molecule is CCC1CCC(CN)(C2(O)CCCC(CC(C)C)C2)CC1. The molecule has 0 saturated heterocycles. The van der Waals surface area contributed by atoms with Crippen molar-refractivity contribution in [3.63, 3.8) is 0 Å². The fraction of sp³-hybridized carbons (Fsp3) is 1.00. The van der Waals surface area contributed by atoms with E-state index in [0.29, 0.717) is 12.5 Å². The summed E-state index contributed by atoms with van der Waals surface area (Å²) in [7, 11) is 0. The minimum Gasteiger partial charge on any atom is -0.389 e. The summed E-state index contributed by atoms with van der Waals surface area (Å²) in [5, 5.41) is 11.5. The number of aliphatic hydroxyl groups is 1. The average Bonchev–Trinajstić information content (AvgIpc) is 2.46. The van der Waals surface area contributed by atoms with Crippen molar-refractivity contribution >= 4 is 0 Å². The molecule has 2 unspecified atom stereocenters. The highest BCUT2D eigenvalue weighted by atomic mass is 16.3. The maximum atomic E-state index is 11.5. The molecule has 0 aliphatic heterocycles. The number of hydrogen-bond donors (Lipinski definition) is 2. The van der Waals surface area contributed by atoms with Crippen molar-refractivity contribution in [2.75, 3.05) is 6.54 Å². The van der Waals surface area contributed by atoms with Gasteiger partial charge in [0.1, 0.15) is 0 Å². The summed E-state index contributed by atoms with van der Waals surface area (Å²) in [6.07, 6.45) is 11.9. The Bertz CT molecular complexity index is 320. The second-order valence-corrected chi connectivity index (χ2v) is 8.46. The smallest absolute Gasteiger partial charge is 0.0718 e. The molecule has 0 aromatic carbocycles. The summed E-state index contributed by atoms with van der Waals surface area (Å²) in [4.78, 5) is 0. The summed E-state index contributed by atoms with van der Waals surface area (Å²) >= 11 is 0. The first kappa shape index (κ1) is 17.3. The van der Waals surface area contributed by atoms with E-state index in [1.54, 1.807) is 0 Å². The molecule has 2 saturated carbocycles. The van der Waals surface area contributed by atoms with Crippen molar-refractivity contribution < 1.29 is 5.11 Å². The lowest BCUT2D eigenvalue weighted by molar-refractivity contribution is -0.138. The van der Waals surface area contributed by atoms with Gasteiger partial charge in [0.2, 0.25) is 0 Å². The molecule has 0 amide bonds. The zero-order valence-corrected chi connectivity index (χ0v) is 14.5. The third-order valence-corrected chi connectivity index (χ3v) is 6.65. The van der Waals surface area contributed by atoms with Crippen molar-refractivity contribution in [1.82, 2.24) is 0 Å². The lowest BCUT2D eigenvalue weighted by Crippen LogP contribution is -2.56. The molecule has 3 N–H and O–H groups in total. The second kappa shape index (κ2) is 7.00. The van der Waals surface area contributed by atoms with E-state index in [-0.39, 0.29) is 5.41 Å². The van der Waals surface area contributed by atoms with Crippen molar-refractivity contribution in [1.29, 1.82) is 0 Å². The van der Waals surface area contributed by atoms with Crippen LogP contribution in [0.15, 0.2) is 0 Å². The van der Waals surface area contributed by atoms with E-state index in [9.17, 15) is 5.11 Å². The molecule has 2 heteroatoms. The molecule has 2 atom stereocenters. The zero-order chi connectivity index (χ0) is 15.5. The summed E-state index contributed by atoms with van der Waals surface area (Å²) in [5.74, 6) is 2.31. The number of hydrogen-bond acceptors (Lipinski definition) is 2. The molecule has 0 heterocycles. The summed E-state index contributed by atoms with van der Waals surface area (Å²) in [6.45, 7) is 7.58. The lowest BCUT2D eigenvalue weighted by atomic mass is 9.55. The molecule has 0 aromatic heterocycles. The number of nitrogens with two attached hydrogens (primary N) is 1. The highest BCUT2D eigenvalue weighted by Gasteiger charge is 2.52. The normalized spacial score (nSPS) is 41.4. The van der Waals surface area contributed by atoms with Crippen molar-refractivity contribution in [2.45, 2.75) is 90.6 Å². The first-order chi connectivity index (χ1) is 9.94. The van der Waals surface area contributed by atoms with Crippen LogP contribution in [0.4, 0.5) is 0 Å². The van der Waals surface area contributed by atoms with Gasteiger partial charge in [0.25, 0.3) is 0 Å². The molecule has 2 aliphatic rings. The van der Waals surface area contributed by atoms with Gasteiger partial charge in [-0.1, -0.05) is 40.0 Å². The molecular formula is C19H37NO. The molecule has 2 fully saturated rings. The van der Waals surface area contributed by atoms with E-state index in [2.05, 4.69) is 20.8 Å². The third-order valence-electron chi connectivity index (χ3n) is 6.65. The monoisotopic (exact) mass is 295 g/mol. The predicted molar refractivity (Wildman–Crippen MR) is 90.1 cm³/mol. The van der Waals surface area contributed by atoms with Gasteiger partial charge < -0.3 is 10.8 Å². The van der Waals surface area contributed by atoms with Crippen LogP contribution in [0, 0.1) is 23.2 Å². The van der Waals surface area contributed by atoms with Gasteiger partial charge >= 0.3 is 0 Å². The van der Waals surface area contributed by atoms with Crippen LogP contribution in [0.5, 0.6) is 0 Å². The molecule has 21 heavy (non-hydrogen) atoms. The minimum absolute atomic E-state index is 0.00825. The zero-order valence-electron chi connectivity index (χ0n) is 14.5. The van der Waals surface area contributed by atoms with Crippen molar-refractivity contribution in [3.8, 4) is 0 Å². The molecule has 0 bridgehead atoms. The maximum Gasteiger partial charge on any atom is 0.0718 e. The summed E-state index contributed by atoms with van der Waals surface area (Å²) in [6, 6.07) is 0. The molecule has 2 aliphatic carbocycles. The molecule has 0 radical (unpaired) electrons. The Hall–Kier alpha value is -0.0800.